The van der Waals surface area contributed by atoms with Crippen molar-refractivity contribution in [3.63, 3.8) is 0 Å². The number of aromatic nitrogens is 1. The SMILES string of the molecule is CCCc1nc(CF)c(C(=O)O)s1. The summed E-state index contributed by atoms with van der Waals surface area (Å²) in [6, 6.07) is 0. The minimum Gasteiger partial charge on any atom is -0.477 e. The molecule has 1 aromatic heterocycles. The molecule has 0 bridgehead atoms. The van der Waals surface area contributed by atoms with Gasteiger partial charge in [0.1, 0.15) is 11.6 Å². The number of carbonyl (C=O) groups is 1. The number of rotatable bonds is 4. The maximum Gasteiger partial charge on any atom is 0.347 e. The Morgan fingerprint density at radius 1 is 1.69 bits per heavy atom. The van der Waals surface area contributed by atoms with Gasteiger partial charge in [-0.2, -0.15) is 0 Å². The van der Waals surface area contributed by atoms with Gasteiger partial charge in [0, 0.05) is 0 Å². The molecule has 1 aromatic rings. The number of aryl methyl sites for hydroxylation is 1. The maximum absolute atomic E-state index is 12.3. The zero-order valence-corrected chi connectivity index (χ0v) is 8.03. The van der Waals surface area contributed by atoms with Gasteiger partial charge in [0.25, 0.3) is 0 Å². The first-order valence-corrected chi connectivity index (χ1v) is 4.78. The molecule has 0 unspecified atom stereocenters. The van der Waals surface area contributed by atoms with E-state index in [9.17, 15) is 9.18 Å². The van der Waals surface area contributed by atoms with E-state index in [4.69, 9.17) is 5.11 Å². The van der Waals surface area contributed by atoms with Gasteiger partial charge >= 0.3 is 5.97 Å². The third kappa shape index (κ3) is 2.24. The van der Waals surface area contributed by atoms with Crippen molar-refractivity contribution < 1.29 is 14.3 Å². The molecular formula is C8H10FNO2S. The summed E-state index contributed by atoms with van der Waals surface area (Å²) in [6.07, 6.45) is 1.60. The molecule has 13 heavy (non-hydrogen) atoms. The quantitative estimate of drug-likeness (QED) is 0.816. The first kappa shape index (κ1) is 10.1. The van der Waals surface area contributed by atoms with E-state index in [2.05, 4.69) is 4.98 Å². The van der Waals surface area contributed by atoms with Crippen LogP contribution in [-0.2, 0) is 13.1 Å². The molecule has 1 N–H and O–H groups in total. The van der Waals surface area contributed by atoms with E-state index in [0.717, 1.165) is 17.8 Å². The van der Waals surface area contributed by atoms with Crippen LogP contribution in [0, 0.1) is 0 Å². The minimum absolute atomic E-state index is 0.0333. The molecule has 0 fully saturated rings. The number of thiazole rings is 1. The normalized spacial score (nSPS) is 10.3. The highest BCUT2D eigenvalue weighted by atomic mass is 32.1. The van der Waals surface area contributed by atoms with Crippen LogP contribution in [0.2, 0.25) is 0 Å². The fourth-order valence-electron chi connectivity index (χ4n) is 0.979. The molecule has 0 aliphatic heterocycles. The van der Waals surface area contributed by atoms with Gasteiger partial charge in [-0.15, -0.1) is 11.3 Å². The average molecular weight is 203 g/mol. The Balaban J connectivity index is 2.97. The number of hydrogen-bond acceptors (Lipinski definition) is 3. The highest BCUT2D eigenvalue weighted by molar-refractivity contribution is 7.13. The number of carboxylic acids is 1. The van der Waals surface area contributed by atoms with Crippen molar-refractivity contribution in [2.45, 2.75) is 26.4 Å². The zero-order valence-electron chi connectivity index (χ0n) is 7.21. The van der Waals surface area contributed by atoms with Gasteiger partial charge in [0.15, 0.2) is 0 Å². The van der Waals surface area contributed by atoms with Gasteiger partial charge in [-0.3, -0.25) is 0 Å². The Bertz CT molecular complexity index is 311. The van der Waals surface area contributed by atoms with Gasteiger partial charge < -0.3 is 5.11 Å². The van der Waals surface area contributed by atoms with Crippen LogP contribution >= 0.6 is 11.3 Å². The predicted molar refractivity (Wildman–Crippen MR) is 47.9 cm³/mol. The summed E-state index contributed by atoms with van der Waals surface area (Å²) in [5, 5.41) is 9.38. The second kappa shape index (κ2) is 4.32. The second-order valence-electron chi connectivity index (χ2n) is 2.57. The van der Waals surface area contributed by atoms with E-state index >= 15 is 0 Å². The largest absolute Gasteiger partial charge is 0.477 e. The monoisotopic (exact) mass is 203 g/mol. The molecule has 1 rings (SSSR count). The standard InChI is InChI=1S/C8H10FNO2S/c1-2-3-6-10-5(4-9)7(13-6)8(11)12/h2-4H2,1H3,(H,11,12). The highest BCUT2D eigenvalue weighted by Crippen LogP contribution is 2.20. The third-order valence-corrected chi connectivity index (χ3v) is 2.67. The Labute approximate surface area is 79.2 Å². The van der Waals surface area contributed by atoms with Crippen molar-refractivity contribution in [1.82, 2.24) is 4.98 Å². The smallest absolute Gasteiger partial charge is 0.347 e. The molecule has 3 nitrogen and oxygen atoms in total. The fourth-order valence-corrected chi connectivity index (χ4v) is 1.98. The maximum atomic E-state index is 12.3. The topological polar surface area (TPSA) is 50.2 Å². The van der Waals surface area contributed by atoms with E-state index in [-0.39, 0.29) is 10.6 Å². The van der Waals surface area contributed by atoms with E-state index in [1.54, 1.807) is 0 Å². The van der Waals surface area contributed by atoms with Crippen molar-refractivity contribution in [3.05, 3.63) is 15.6 Å². The van der Waals surface area contributed by atoms with Crippen LogP contribution in [0.3, 0.4) is 0 Å². The van der Waals surface area contributed by atoms with E-state index in [0.29, 0.717) is 11.4 Å². The van der Waals surface area contributed by atoms with Gasteiger partial charge in [0.05, 0.1) is 10.7 Å². The molecule has 1 heterocycles. The molecule has 0 saturated carbocycles. The molecule has 0 radical (unpaired) electrons. The van der Waals surface area contributed by atoms with Crippen molar-refractivity contribution in [1.29, 1.82) is 0 Å². The fraction of sp³-hybridized carbons (Fsp3) is 0.500. The van der Waals surface area contributed by atoms with Gasteiger partial charge in [-0.1, -0.05) is 6.92 Å². The Hall–Kier alpha value is -0.970. The summed E-state index contributed by atoms with van der Waals surface area (Å²) in [4.78, 5) is 14.5. The molecule has 0 atom stereocenters. The molecule has 0 saturated heterocycles. The lowest BCUT2D eigenvalue weighted by atomic mass is 10.3. The summed E-state index contributed by atoms with van der Waals surface area (Å²) in [5.41, 5.74) is 0.0564. The highest BCUT2D eigenvalue weighted by Gasteiger charge is 2.16. The second-order valence-corrected chi connectivity index (χ2v) is 3.66. The van der Waals surface area contributed by atoms with Crippen LogP contribution < -0.4 is 0 Å². The van der Waals surface area contributed by atoms with Crippen molar-refractivity contribution >= 4 is 17.3 Å². The summed E-state index contributed by atoms with van der Waals surface area (Å²) >= 11 is 1.07. The van der Waals surface area contributed by atoms with Crippen molar-refractivity contribution in [2.24, 2.45) is 0 Å². The number of carboxylic acid groups (broad SMARTS) is 1. The first-order valence-electron chi connectivity index (χ1n) is 3.96. The van der Waals surface area contributed by atoms with Crippen LogP contribution in [0.5, 0.6) is 0 Å². The number of aromatic carboxylic acids is 1. The number of alkyl halides is 1. The van der Waals surface area contributed by atoms with Crippen LogP contribution in [0.15, 0.2) is 0 Å². The Morgan fingerprint density at radius 3 is 2.77 bits per heavy atom. The van der Waals surface area contributed by atoms with Crippen LogP contribution in [0.4, 0.5) is 4.39 Å². The van der Waals surface area contributed by atoms with Gasteiger partial charge in [0.2, 0.25) is 0 Å². The van der Waals surface area contributed by atoms with E-state index in [1.807, 2.05) is 6.92 Å². The first-order chi connectivity index (χ1) is 6.19. The Kier molecular flexibility index (Phi) is 3.36. The average Bonchev–Trinajstić information content (AvgIpc) is 2.48. The third-order valence-electron chi connectivity index (χ3n) is 1.53. The molecule has 5 heteroatoms. The molecule has 0 amide bonds. The van der Waals surface area contributed by atoms with E-state index in [1.165, 1.54) is 0 Å². The van der Waals surface area contributed by atoms with Crippen molar-refractivity contribution in [3.8, 4) is 0 Å². The van der Waals surface area contributed by atoms with Crippen LogP contribution in [0.25, 0.3) is 0 Å². The molecular weight excluding hydrogens is 193 g/mol. The molecule has 72 valence electrons. The molecule has 0 aliphatic carbocycles. The summed E-state index contributed by atoms with van der Waals surface area (Å²) in [6.45, 7) is 1.17. The predicted octanol–water partition coefficient (Wildman–Crippen LogP) is 2.26. The lowest BCUT2D eigenvalue weighted by Crippen LogP contribution is -1.96. The number of halogens is 1. The lowest BCUT2D eigenvalue weighted by molar-refractivity contribution is 0.0700. The van der Waals surface area contributed by atoms with Gasteiger partial charge in [-0.05, 0) is 12.8 Å². The molecule has 0 aliphatic rings. The zero-order chi connectivity index (χ0) is 9.84. The molecule has 0 aromatic carbocycles. The number of hydrogen-bond donors (Lipinski definition) is 1. The van der Waals surface area contributed by atoms with Gasteiger partial charge in [-0.25, -0.2) is 14.2 Å². The minimum atomic E-state index is -1.09. The Morgan fingerprint density at radius 2 is 2.38 bits per heavy atom. The lowest BCUT2D eigenvalue weighted by Gasteiger charge is -1.87. The summed E-state index contributed by atoms with van der Waals surface area (Å²) in [7, 11) is 0. The van der Waals surface area contributed by atoms with Crippen LogP contribution in [0.1, 0.15) is 33.7 Å². The summed E-state index contributed by atoms with van der Waals surface area (Å²) < 4.78 is 12.3. The number of nitrogens with zero attached hydrogens (tertiary/aromatic N) is 1. The van der Waals surface area contributed by atoms with E-state index < -0.39 is 12.6 Å². The summed E-state index contributed by atoms with van der Waals surface area (Å²) in [5.74, 6) is -1.09. The van der Waals surface area contributed by atoms with Crippen LogP contribution in [-0.4, -0.2) is 16.1 Å². The molecule has 0 spiro atoms. The van der Waals surface area contributed by atoms with Crippen molar-refractivity contribution in [2.75, 3.05) is 0 Å².